The number of hydrogen-bond donors (Lipinski definition) is 0. The summed E-state index contributed by atoms with van der Waals surface area (Å²) >= 11 is 0. The second kappa shape index (κ2) is 8.17. The first-order valence-electron chi connectivity index (χ1n) is 8.87. The molecule has 1 aliphatic heterocycles. The largest absolute Gasteiger partial charge is 0.461 e. The second-order valence-electron chi connectivity index (χ2n) is 6.60. The molecule has 0 N–H and O–H groups in total. The average Bonchev–Trinajstić information content (AvgIpc) is 3.03. The molecule has 0 aromatic heterocycles. The summed E-state index contributed by atoms with van der Waals surface area (Å²) in [5.41, 5.74) is -0.476. The molecule has 2 aromatic rings. The number of esters is 3. The molecule has 158 valence electrons. The Bertz CT molecular complexity index is 1030. The van der Waals surface area contributed by atoms with Crippen molar-refractivity contribution >= 4 is 17.9 Å². The molecule has 0 fully saturated rings. The van der Waals surface area contributed by atoms with Crippen molar-refractivity contribution in [1.29, 1.82) is 0 Å². The van der Waals surface area contributed by atoms with E-state index in [4.69, 9.17) is 14.2 Å². The predicted molar refractivity (Wildman–Crippen MR) is 96.9 cm³/mol. The molecule has 9 heteroatoms. The Labute approximate surface area is 169 Å². The van der Waals surface area contributed by atoms with Crippen LogP contribution in [0.1, 0.15) is 46.5 Å². The van der Waals surface area contributed by atoms with Gasteiger partial charge in [0.15, 0.2) is 0 Å². The zero-order valence-corrected chi connectivity index (χ0v) is 16.1. The van der Waals surface area contributed by atoms with E-state index in [0.29, 0.717) is 11.1 Å². The van der Waals surface area contributed by atoms with Crippen LogP contribution in [0.5, 0.6) is 0 Å². The van der Waals surface area contributed by atoms with Crippen LogP contribution < -0.4 is 0 Å². The summed E-state index contributed by atoms with van der Waals surface area (Å²) in [6.07, 6.45) is -4.70. The lowest BCUT2D eigenvalue weighted by Crippen LogP contribution is -2.13. The number of carbonyl (C=O) groups is 3. The summed E-state index contributed by atoms with van der Waals surface area (Å²) in [5.74, 6) is -2.04. The molecule has 0 radical (unpaired) electrons. The van der Waals surface area contributed by atoms with Crippen molar-refractivity contribution in [3.8, 4) is 11.1 Å². The minimum Gasteiger partial charge on any atom is -0.461 e. The number of fused-ring (bicyclic) bond motifs is 1. The van der Waals surface area contributed by atoms with Crippen molar-refractivity contribution in [3.63, 3.8) is 0 Å². The minimum atomic E-state index is -4.70. The van der Waals surface area contributed by atoms with E-state index in [9.17, 15) is 27.6 Å². The van der Waals surface area contributed by atoms with Crippen molar-refractivity contribution in [2.75, 3.05) is 0 Å². The van der Waals surface area contributed by atoms with Gasteiger partial charge in [-0.3, -0.25) is 9.59 Å². The fraction of sp³-hybridized carbons (Fsp3) is 0.286. The van der Waals surface area contributed by atoms with Gasteiger partial charge in [0.2, 0.25) is 0 Å². The third kappa shape index (κ3) is 4.29. The van der Waals surface area contributed by atoms with Crippen LogP contribution in [0.25, 0.3) is 11.1 Å². The van der Waals surface area contributed by atoms with Crippen LogP contribution >= 0.6 is 0 Å². The van der Waals surface area contributed by atoms with E-state index >= 15 is 0 Å². The normalized spacial score (nSPS) is 12.9. The molecule has 0 atom stereocenters. The SMILES string of the molecule is CC(=O)OCc1cc2c(c(-c3ccccc3C(F)(F)F)c1COC(C)=O)C(=O)OC2. The highest BCUT2D eigenvalue weighted by Crippen LogP contribution is 2.43. The lowest BCUT2D eigenvalue weighted by Gasteiger charge is -2.20. The van der Waals surface area contributed by atoms with E-state index < -0.39 is 36.3 Å². The summed E-state index contributed by atoms with van der Waals surface area (Å²) in [5, 5.41) is 0. The number of halogens is 3. The second-order valence-corrected chi connectivity index (χ2v) is 6.60. The topological polar surface area (TPSA) is 78.9 Å². The van der Waals surface area contributed by atoms with E-state index in [1.807, 2.05) is 0 Å². The van der Waals surface area contributed by atoms with Crippen LogP contribution in [-0.4, -0.2) is 17.9 Å². The number of cyclic esters (lactones) is 1. The molecule has 1 aliphatic rings. The van der Waals surface area contributed by atoms with E-state index in [1.54, 1.807) is 0 Å². The first-order valence-corrected chi connectivity index (χ1v) is 8.87. The monoisotopic (exact) mass is 422 g/mol. The van der Waals surface area contributed by atoms with Gasteiger partial charge in [0.25, 0.3) is 0 Å². The lowest BCUT2D eigenvalue weighted by atomic mass is 9.86. The van der Waals surface area contributed by atoms with E-state index in [2.05, 4.69) is 0 Å². The third-order valence-electron chi connectivity index (χ3n) is 4.52. The van der Waals surface area contributed by atoms with Crippen LogP contribution in [0.2, 0.25) is 0 Å². The zero-order chi connectivity index (χ0) is 22.1. The maximum Gasteiger partial charge on any atom is 0.417 e. The van der Waals surface area contributed by atoms with Crippen LogP contribution in [0.15, 0.2) is 30.3 Å². The molecule has 0 unspecified atom stereocenters. The quantitative estimate of drug-likeness (QED) is 0.532. The third-order valence-corrected chi connectivity index (χ3v) is 4.52. The van der Waals surface area contributed by atoms with Gasteiger partial charge < -0.3 is 14.2 Å². The zero-order valence-electron chi connectivity index (χ0n) is 16.1. The summed E-state index contributed by atoms with van der Waals surface area (Å²) in [6, 6.07) is 6.29. The summed E-state index contributed by atoms with van der Waals surface area (Å²) in [6.45, 7) is 1.53. The Morgan fingerprint density at radius 1 is 1.03 bits per heavy atom. The highest BCUT2D eigenvalue weighted by Gasteiger charge is 2.37. The number of rotatable bonds is 5. The molecule has 1 heterocycles. The first kappa shape index (κ1) is 21.4. The summed E-state index contributed by atoms with van der Waals surface area (Å²) < 4.78 is 56.2. The number of carbonyl (C=O) groups excluding carboxylic acids is 3. The molecular formula is C21H17F3O6. The molecule has 2 aromatic carbocycles. The number of benzene rings is 2. The predicted octanol–water partition coefficient (Wildman–Crippen LogP) is 4.17. The Hall–Kier alpha value is -3.36. The Kier molecular flexibility index (Phi) is 5.82. The molecular weight excluding hydrogens is 405 g/mol. The fourth-order valence-electron chi connectivity index (χ4n) is 3.30. The molecule has 30 heavy (non-hydrogen) atoms. The molecule has 0 saturated heterocycles. The van der Waals surface area contributed by atoms with Gasteiger partial charge in [0.1, 0.15) is 19.8 Å². The maximum atomic E-state index is 13.7. The molecule has 6 nitrogen and oxygen atoms in total. The Balaban J connectivity index is 2.33. The summed E-state index contributed by atoms with van der Waals surface area (Å²) in [4.78, 5) is 35.1. The number of hydrogen-bond acceptors (Lipinski definition) is 6. The van der Waals surface area contributed by atoms with Crippen molar-refractivity contribution in [2.24, 2.45) is 0 Å². The average molecular weight is 422 g/mol. The van der Waals surface area contributed by atoms with Gasteiger partial charge in [-0.15, -0.1) is 0 Å². The smallest absolute Gasteiger partial charge is 0.417 e. The van der Waals surface area contributed by atoms with Gasteiger partial charge in [0, 0.05) is 30.5 Å². The highest BCUT2D eigenvalue weighted by atomic mass is 19.4. The molecule has 0 bridgehead atoms. The Morgan fingerprint density at radius 2 is 1.67 bits per heavy atom. The first-order chi connectivity index (χ1) is 14.1. The van der Waals surface area contributed by atoms with Gasteiger partial charge in [-0.2, -0.15) is 13.2 Å². The van der Waals surface area contributed by atoms with Crippen LogP contribution in [0.4, 0.5) is 13.2 Å². The van der Waals surface area contributed by atoms with Crippen molar-refractivity contribution in [1.82, 2.24) is 0 Å². The fourth-order valence-corrected chi connectivity index (χ4v) is 3.30. The van der Waals surface area contributed by atoms with Crippen LogP contribution in [-0.2, 0) is 49.8 Å². The summed E-state index contributed by atoms with van der Waals surface area (Å²) in [7, 11) is 0. The van der Waals surface area contributed by atoms with E-state index in [-0.39, 0.29) is 35.5 Å². The van der Waals surface area contributed by atoms with Crippen LogP contribution in [0, 0.1) is 0 Å². The van der Waals surface area contributed by atoms with Gasteiger partial charge in [-0.25, -0.2) is 4.79 Å². The van der Waals surface area contributed by atoms with E-state index in [0.717, 1.165) is 13.0 Å². The molecule has 0 aliphatic carbocycles. The van der Waals surface area contributed by atoms with Gasteiger partial charge >= 0.3 is 24.1 Å². The number of ether oxygens (including phenoxy) is 3. The molecule has 0 saturated carbocycles. The van der Waals surface area contributed by atoms with Crippen molar-refractivity contribution < 1.29 is 41.8 Å². The van der Waals surface area contributed by atoms with E-state index in [1.165, 1.54) is 31.2 Å². The van der Waals surface area contributed by atoms with Crippen molar-refractivity contribution in [3.05, 3.63) is 58.1 Å². The highest BCUT2D eigenvalue weighted by molar-refractivity contribution is 6.02. The number of alkyl halides is 3. The van der Waals surface area contributed by atoms with Gasteiger partial charge in [0.05, 0.1) is 11.1 Å². The van der Waals surface area contributed by atoms with Gasteiger partial charge in [-0.05, 0) is 23.3 Å². The van der Waals surface area contributed by atoms with Crippen LogP contribution in [0.3, 0.4) is 0 Å². The van der Waals surface area contributed by atoms with Crippen molar-refractivity contribution in [2.45, 2.75) is 39.8 Å². The minimum absolute atomic E-state index is 0.0274. The molecule has 0 spiro atoms. The standard InChI is InChI=1S/C21H17F3O6/c1-11(25)28-8-13-7-14-9-30-20(27)18(14)19(16(13)10-29-12(2)26)15-5-3-4-6-17(15)21(22,23)24/h3-7H,8-10H2,1-2H3. The molecule has 0 amide bonds. The maximum absolute atomic E-state index is 13.7. The lowest BCUT2D eigenvalue weighted by molar-refractivity contribution is -0.143. The Morgan fingerprint density at radius 3 is 2.30 bits per heavy atom. The molecule has 3 rings (SSSR count). The van der Waals surface area contributed by atoms with Gasteiger partial charge in [-0.1, -0.05) is 18.2 Å².